The van der Waals surface area contributed by atoms with E-state index in [1.165, 1.54) is 0 Å². The molecule has 1 N–H and O–H groups in total. The first-order valence-corrected chi connectivity index (χ1v) is 5.02. The fourth-order valence-corrected chi connectivity index (χ4v) is 1.52. The van der Waals surface area contributed by atoms with Crippen molar-refractivity contribution in [2.45, 2.75) is 26.3 Å². The second-order valence-electron chi connectivity index (χ2n) is 3.61. The van der Waals surface area contributed by atoms with Crippen molar-refractivity contribution in [1.29, 1.82) is 0 Å². The Morgan fingerprint density at radius 3 is 2.93 bits per heavy atom. The van der Waals surface area contributed by atoms with Crippen molar-refractivity contribution in [2.24, 2.45) is 4.99 Å². The zero-order valence-corrected chi connectivity index (χ0v) is 8.82. The molecule has 1 aliphatic rings. The molecular formula is C11H13N3O. The van der Waals surface area contributed by atoms with Gasteiger partial charge in [0.05, 0.1) is 0 Å². The molecule has 0 saturated carbocycles. The van der Waals surface area contributed by atoms with Gasteiger partial charge in [0.1, 0.15) is 11.7 Å². The fraction of sp³-hybridized carbons (Fsp3) is 0.364. The number of rotatable bonds is 2. The quantitative estimate of drug-likeness (QED) is 0.781. The van der Waals surface area contributed by atoms with Crippen molar-refractivity contribution < 1.29 is 4.79 Å². The predicted molar refractivity (Wildman–Crippen MR) is 57.7 cm³/mol. The lowest BCUT2D eigenvalue weighted by molar-refractivity contribution is -0.120. The number of amidine groups is 1. The summed E-state index contributed by atoms with van der Waals surface area (Å²) in [5, 5.41) is 2.75. The van der Waals surface area contributed by atoms with E-state index in [0.717, 1.165) is 17.7 Å². The molecule has 0 saturated heterocycles. The summed E-state index contributed by atoms with van der Waals surface area (Å²) in [5.41, 5.74) is 1.84. The van der Waals surface area contributed by atoms with Crippen LogP contribution >= 0.6 is 0 Å². The number of pyridine rings is 1. The Morgan fingerprint density at radius 2 is 2.33 bits per heavy atom. The minimum absolute atomic E-state index is 0.0317. The van der Waals surface area contributed by atoms with Crippen LogP contribution in [0.2, 0.25) is 0 Å². The van der Waals surface area contributed by atoms with Gasteiger partial charge in [-0.05, 0) is 31.0 Å². The average molecular weight is 203 g/mol. The van der Waals surface area contributed by atoms with Crippen molar-refractivity contribution in [3.8, 4) is 0 Å². The number of nitrogens with zero attached hydrogens (tertiary/aromatic N) is 2. The largest absolute Gasteiger partial charge is 0.307 e. The molecule has 4 nitrogen and oxygen atoms in total. The molecule has 0 aromatic carbocycles. The number of aryl methyl sites for hydroxylation is 1. The van der Waals surface area contributed by atoms with Gasteiger partial charge in [0.25, 0.3) is 0 Å². The molecule has 78 valence electrons. The summed E-state index contributed by atoms with van der Waals surface area (Å²) >= 11 is 0. The average Bonchev–Trinajstić information content (AvgIpc) is 2.60. The number of aliphatic imine (C=N–C) groups is 1. The van der Waals surface area contributed by atoms with E-state index >= 15 is 0 Å². The van der Waals surface area contributed by atoms with Gasteiger partial charge in [-0.2, -0.15) is 0 Å². The van der Waals surface area contributed by atoms with Crippen molar-refractivity contribution in [3.05, 3.63) is 29.6 Å². The highest BCUT2D eigenvalue weighted by atomic mass is 16.2. The Kier molecular flexibility index (Phi) is 2.49. The molecule has 1 atom stereocenters. The molecule has 0 bridgehead atoms. The second kappa shape index (κ2) is 3.81. The number of aromatic nitrogens is 1. The first-order valence-electron chi connectivity index (χ1n) is 5.02. The van der Waals surface area contributed by atoms with Gasteiger partial charge >= 0.3 is 0 Å². The Bertz CT molecular complexity index is 426. The summed E-state index contributed by atoms with van der Waals surface area (Å²) < 4.78 is 0. The highest BCUT2D eigenvalue weighted by molar-refractivity contribution is 6.12. The van der Waals surface area contributed by atoms with Crippen molar-refractivity contribution in [1.82, 2.24) is 10.3 Å². The Balaban J connectivity index is 2.30. The molecule has 0 fully saturated rings. The molecular weight excluding hydrogens is 190 g/mol. The van der Waals surface area contributed by atoms with Gasteiger partial charge in [0, 0.05) is 6.20 Å². The summed E-state index contributed by atoms with van der Waals surface area (Å²) in [6, 6.07) is 3.58. The van der Waals surface area contributed by atoms with E-state index < -0.39 is 0 Å². The number of hydrogen-bond donors (Lipinski definition) is 1. The maximum atomic E-state index is 11.4. The molecule has 2 rings (SSSR count). The van der Waals surface area contributed by atoms with Gasteiger partial charge in [-0.25, -0.2) is 0 Å². The normalized spacial score (nSPS) is 20.0. The number of nitrogens with one attached hydrogen (secondary N) is 1. The minimum atomic E-state index is -0.248. The molecule has 1 aromatic rings. The van der Waals surface area contributed by atoms with Gasteiger partial charge in [-0.15, -0.1) is 0 Å². The monoisotopic (exact) mass is 203 g/mol. The van der Waals surface area contributed by atoms with Crippen LogP contribution in [-0.4, -0.2) is 22.8 Å². The van der Waals surface area contributed by atoms with Crippen LogP contribution in [-0.2, 0) is 4.79 Å². The molecule has 1 unspecified atom stereocenters. The van der Waals surface area contributed by atoms with Gasteiger partial charge in [0.2, 0.25) is 5.91 Å². The second-order valence-corrected chi connectivity index (χ2v) is 3.61. The SMILES string of the molecule is CCC1N=C(c2cc(C)ccn2)NC1=O. The van der Waals surface area contributed by atoms with Gasteiger partial charge in [-0.3, -0.25) is 14.8 Å². The van der Waals surface area contributed by atoms with Crippen LogP contribution in [0.4, 0.5) is 0 Å². The zero-order valence-electron chi connectivity index (χ0n) is 8.82. The predicted octanol–water partition coefficient (Wildman–Crippen LogP) is 1.05. The lowest BCUT2D eigenvalue weighted by Crippen LogP contribution is -2.29. The topological polar surface area (TPSA) is 54.4 Å². The Hall–Kier alpha value is -1.71. The number of carbonyl (C=O) groups is 1. The van der Waals surface area contributed by atoms with Crippen molar-refractivity contribution >= 4 is 11.7 Å². The fourth-order valence-electron chi connectivity index (χ4n) is 1.52. The van der Waals surface area contributed by atoms with Crippen LogP contribution in [0.5, 0.6) is 0 Å². The summed E-state index contributed by atoms with van der Waals surface area (Å²) in [7, 11) is 0. The van der Waals surface area contributed by atoms with Crippen LogP contribution in [0.3, 0.4) is 0 Å². The molecule has 15 heavy (non-hydrogen) atoms. The van der Waals surface area contributed by atoms with Crippen LogP contribution in [0.1, 0.15) is 24.6 Å². The molecule has 1 amide bonds. The summed E-state index contributed by atoms with van der Waals surface area (Å²) in [6.45, 7) is 3.93. The standard InChI is InChI=1S/C11H13N3O/c1-3-8-11(15)14-10(13-8)9-6-7(2)4-5-12-9/h4-6,8H,3H2,1-2H3,(H,13,14,15). The first kappa shape index (κ1) is 9.83. The van der Waals surface area contributed by atoms with E-state index in [1.54, 1.807) is 6.20 Å². The third-order valence-electron chi connectivity index (χ3n) is 2.37. The van der Waals surface area contributed by atoms with Crippen LogP contribution in [0.25, 0.3) is 0 Å². The summed E-state index contributed by atoms with van der Waals surface area (Å²) in [4.78, 5) is 19.9. The molecule has 0 spiro atoms. The molecule has 2 heterocycles. The highest BCUT2D eigenvalue weighted by Gasteiger charge is 2.25. The zero-order chi connectivity index (χ0) is 10.8. The van der Waals surface area contributed by atoms with Gasteiger partial charge < -0.3 is 5.32 Å². The third-order valence-corrected chi connectivity index (χ3v) is 2.37. The maximum absolute atomic E-state index is 11.4. The number of hydrogen-bond acceptors (Lipinski definition) is 3. The van der Waals surface area contributed by atoms with Crippen molar-refractivity contribution in [3.63, 3.8) is 0 Å². The van der Waals surface area contributed by atoms with Gasteiger partial charge in [0.15, 0.2) is 5.84 Å². The Morgan fingerprint density at radius 1 is 1.53 bits per heavy atom. The van der Waals surface area contributed by atoms with Gasteiger partial charge in [-0.1, -0.05) is 6.92 Å². The van der Waals surface area contributed by atoms with Crippen LogP contribution in [0.15, 0.2) is 23.3 Å². The Labute approximate surface area is 88.4 Å². The van der Waals surface area contributed by atoms with Crippen LogP contribution in [0, 0.1) is 6.92 Å². The first-order chi connectivity index (χ1) is 7.20. The van der Waals surface area contributed by atoms with E-state index in [9.17, 15) is 4.79 Å². The molecule has 0 aliphatic carbocycles. The lowest BCUT2D eigenvalue weighted by atomic mass is 10.2. The smallest absolute Gasteiger partial charge is 0.250 e. The molecule has 0 radical (unpaired) electrons. The maximum Gasteiger partial charge on any atom is 0.250 e. The van der Waals surface area contributed by atoms with Crippen LogP contribution < -0.4 is 5.32 Å². The minimum Gasteiger partial charge on any atom is -0.307 e. The van der Waals surface area contributed by atoms with E-state index in [2.05, 4.69) is 15.3 Å². The van der Waals surface area contributed by atoms with E-state index in [-0.39, 0.29) is 11.9 Å². The number of carbonyl (C=O) groups excluding carboxylic acids is 1. The van der Waals surface area contributed by atoms with E-state index in [0.29, 0.717) is 5.84 Å². The highest BCUT2D eigenvalue weighted by Crippen LogP contribution is 2.09. The summed E-state index contributed by atoms with van der Waals surface area (Å²) in [6.07, 6.45) is 2.44. The van der Waals surface area contributed by atoms with E-state index in [1.807, 2.05) is 26.0 Å². The molecule has 1 aromatic heterocycles. The third kappa shape index (κ3) is 1.88. The molecule has 4 heteroatoms. The lowest BCUT2D eigenvalue weighted by Gasteiger charge is -2.00. The summed E-state index contributed by atoms with van der Waals surface area (Å²) in [5.74, 6) is 0.561. The number of amides is 1. The van der Waals surface area contributed by atoms with E-state index in [4.69, 9.17) is 0 Å². The molecule has 1 aliphatic heterocycles. The van der Waals surface area contributed by atoms with Crippen molar-refractivity contribution in [2.75, 3.05) is 0 Å².